The lowest BCUT2D eigenvalue weighted by molar-refractivity contribution is 0.0676. The number of nitrogens with zero attached hydrogens (tertiary/aromatic N) is 1. The fourth-order valence-corrected chi connectivity index (χ4v) is 2.86. The van der Waals surface area contributed by atoms with Gasteiger partial charge in [0.1, 0.15) is 12.4 Å². The fourth-order valence-electron chi connectivity index (χ4n) is 2.86. The largest absolute Gasteiger partial charge is 0.491 e. The van der Waals surface area contributed by atoms with Crippen molar-refractivity contribution in [1.29, 1.82) is 0 Å². The summed E-state index contributed by atoms with van der Waals surface area (Å²) in [5.41, 5.74) is 2.35. The van der Waals surface area contributed by atoms with Crippen molar-refractivity contribution in [2.45, 2.75) is 45.3 Å². The molecule has 1 atom stereocenters. The highest BCUT2D eigenvalue weighted by molar-refractivity contribution is 14.0. The highest BCUT2D eigenvalue weighted by Gasteiger charge is 2.21. The van der Waals surface area contributed by atoms with Crippen LogP contribution in [0.25, 0.3) is 0 Å². The van der Waals surface area contributed by atoms with E-state index in [1.807, 2.05) is 7.05 Å². The lowest BCUT2D eigenvalue weighted by atomic mass is 10.1. The maximum atomic E-state index is 6.05. The van der Waals surface area contributed by atoms with Crippen LogP contribution in [0.15, 0.2) is 23.2 Å². The molecule has 0 aromatic heterocycles. The van der Waals surface area contributed by atoms with E-state index >= 15 is 0 Å². The maximum absolute atomic E-state index is 6.05. The second-order valence-electron chi connectivity index (χ2n) is 6.81. The first-order valence-corrected chi connectivity index (χ1v) is 9.03. The highest BCUT2D eigenvalue weighted by atomic mass is 127. The molecule has 1 heterocycles. The van der Waals surface area contributed by atoms with E-state index in [4.69, 9.17) is 9.47 Å². The summed E-state index contributed by atoms with van der Waals surface area (Å²) in [4.78, 5) is 4.29. The van der Waals surface area contributed by atoms with Crippen LogP contribution < -0.4 is 15.4 Å². The predicted molar refractivity (Wildman–Crippen MR) is 112 cm³/mol. The number of rotatable bonds is 7. The van der Waals surface area contributed by atoms with Gasteiger partial charge in [0.05, 0.1) is 6.10 Å². The molecule has 1 aromatic rings. The Balaban J connectivity index is 0.00000225. The number of nitrogens with one attached hydrogen (secondary N) is 2. The lowest BCUT2D eigenvalue weighted by Gasteiger charge is -2.17. The number of hydrogen-bond acceptors (Lipinski definition) is 3. The van der Waals surface area contributed by atoms with E-state index in [0.717, 1.165) is 49.2 Å². The molecule has 1 saturated heterocycles. The summed E-state index contributed by atoms with van der Waals surface area (Å²) in [6, 6.07) is 6.35. The summed E-state index contributed by atoms with van der Waals surface area (Å²) in [6.45, 7) is 5.29. The molecule has 6 heteroatoms. The van der Waals surface area contributed by atoms with Gasteiger partial charge in [0.15, 0.2) is 5.96 Å². The third-order valence-electron chi connectivity index (χ3n) is 4.60. The van der Waals surface area contributed by atoms with Gasteiger partial charge in [-0.05, 0) is 50.2 Å². The summed E-state index contributed by atoms with van der Waals surface area (Å²) in [7, 11) is 1.81. The number of guanidine groups is 1. The summed E-state index contributed by atoms with van der Waals surface area (Å²) >= 11 is 0. The molecular weight excluding hydrogens is 429 g/mol. The van der Waals surface area contributed by atoms with Crippen LogP contribution in [0, 0.1) is 12.8 Å². The highest BCUT2D eigenvalue weighted by Crippen LogP contribution is 2.27. The molecule has 0 radical (unpaired) electrons. The molecule has 0 bridgehead atoms. The number of hydrogen-bond donors (Lipinski definition) is 2. The van der Waals surface area contributed by atoms with Gasteiger partial charge in [0.25, 0.3) is 0 Å². The van der Waals surface area contributed by atoms with Crippen molar-refractivity contribution in [3.63, 3.8) is 0 Å². The molecule has 3 rings (SSSR count). The smallest absolute Gasteiger partial charge is 0.191 e. The molecule has 1 saturated carbocycles. The first-order chi connectivity index (χ1) is 11.7. The summed E-state index contributed by atoms with van der Waals surface area (Å²) < 4.78 is 11.7. The number of halogens is 1. The Morgan fingerprint density at radius 2 is 2.12 bits per heavy atom. The summed E-state index contributed by atoms with van der Waals surface area (Å²) in [5.74, 6) is 2.62. The van der Waals surface area contributed by atoms with Crippen LogP contribution in [0.4, 0.5) is 0 Å². The summed E-state index contributed by atoms with van der Waals surface area (Å²) in [5, 5.41) is 6.77. The molecule has 1 aromatic carbocycles. The van der Waals surface area contributed by atoms with Gasteiger partial charge in [-0.3, -0.25) is 4.99 Å². The average molecular weight is 459 g/mol. The molecule has 2 N–H and O–H groups in total. The second-order valence-corrected chi connectivity index (χ2v) is 6.81. The van der Waals surface area contributed by atoms with Crippen molar-refractivity contribution in [2.75, 3.05) is 26.8 Å². The topological polar surface area (TPSA) is 54.9 Å². The predicted octanol–water partition coefficient (Wildman–Crippen LogP) is 3.25. The van der Waals surface area contributed by atoms with Crippen molar-refractivity contribution in [3.05, 3.63) is 29.3 Å². The van der Waals surface area contributed by atoms with Gasteiger partial charge in [0.2, 0.25) is 0 Å². The van der Waals surface area contributed by atoms with E-state index in [9.17, 15) is 0 Å². The Morgan fingerprint density at radius 3 is 2.80 bits per heavy atom. The normalized spacial score (nSPS) is 20.1. The first-order valence-electron chi connectivity index (χ1n) is 9.03. The van der Waals surface area contributed by atoms with Gasteiger partial charge in [0, 0.05) is 32.3 Å². The van der Waals surface area contributed by atoms with Gasteiger partial charge in [-0.1, -0.05) is 12.1 Å². The minimum Gasteiger partial charge on any atom is -0.491 e. The minimum atomic E-state index is 0. The summed E-state index contributed by atoms with van der Waals surface area (Å²) in [6.07, 6.45) is 5.14. The molecule has 1 aliphatic heterocycles. The minimum absolute atomic E-state index is 0. The standard InChI is InChI=1S/C19H29N3O2.HI/c1-14-5-8-16(12-22-19(20-2)21-11-15-6-7-15)18(10-14)24-13-17-4-3-9-23-17;/h5,8,10,15,17H,3-4,6-7,9,11-13H2,1-2H3,(H2,20,21,22);1H. The Kier molecular flexibility index (Phi) is 8.29. The zero-order valence-corrected chi connectivity index (χ0v) is 17.5. The van der Waals surface area contributed by atoms with Gasteiger partial charge < -0.3 is 20.1 Å². The zero-order chi connectivity index (χ0) is 16.8. The van der Waals surface area contributed by atoms with Crippen LogP contribution in [0.1, 0.15) is 36.8 Å². The third kappa shape index (κ3) is 6.66. The lowest BCUT2D eigenvalue weighted by Crippen LogP contribution is -2.37. The molecular formula is C19H30IN3O2. The maximum Gasteiger partial charge on any atom is 0.191 e. The van der Waals surface area contributed by atoms with Crippen molar-refractivity contribution < 1.29 is 9.47 Å². The van der Waals surface area contributed by atoms with E-state index in [1.165, 1.54) is 18.4 Å². The molecule has 1 aliphatic carbocycles. The van der Waals surface area contributed by atoms with Crippen LogP contribution in [-0.2, 0) is 11.3 Å². The van der Waals surface area contributed by atoms with E-state index in [0.29, 0.717) is 13.2 Å². The second kappa shape index (κ2) is 10.2. The van der Waals surface area contributed by atoms with Crippen molar-refractivity contribution in [2.24, 2.45) is 10.9 Å². The number of ether oxygens (including phenoxy) is 2. The Bertz CT molecular complexity index is 570. The van der Waals surface area contributed by atoms with Crippen LogP contribution in [0.3, 0.4) is 0 Å². The quantitative estimate of drug-likeness (QED) is 0.374. The van der Waals surface area contributed by atoms with E-state index in [2.05, 4.69) is 40.7 Å². The van der Waals surface area contributed by atoms with Crippen LogP contribution >= 0.6 is 24.0 Å². The van der Waals surface area contributed by atoms with Crippen LogP contribution in [0.2, 0.25) is 0 Å². The van der Waals surface area contributed by atoms with Gasteiger partial charge in [-0.25, -0.2) is 0 Å². The van der Waals surface area contributed by atoms with Gasteiger partial charge in [-0.2, -0.15) is 0 Å². The number of aryl methyl sites for hydroxylation is 1. The monoisotopic (exact) mass is 459 g/mol. The number of benzene rings is 1. The molecule has 5 nitrogen and oxygen atoms in total. The van der Waals surface area contributed by atoms with E-state index in [-0.39, 0.29) is 30.1 Å². The van der Waals surface area contributed by atoms with Gasteiger partial charge >= 0.3 is 0 Å². The Morgan fingerprint density at radius 1 is 1.28 bits per heavy atom. The van der Waals surface area contributed by atoms with E-state index < -0.39 is 0 Å². The SMILES string of the molecule is CN=C(NCc1ccc(C)cc1OCC1CCCO1)NCC1CC1.I. The molecule has 2 aliphatic rings. The molecule has 2 fully saturated rings. The fraction of sp³-hybridized carbons (Fsp3) is 0.632. The van der Waals surface area contributed by atoms with Crippen LogP contribution in [0.5, 0.6) is 5.75 Å². The molecule has 140 valence electrons. The van der Waals surface area contributed by atoms with Crippen molar-refractivity contribution >= 4 is 29.9 Å². The van der Waals surface area contributed by atoms with Crippen molar-refractivity contribution in [3.8, 4) is 5.75 Å². The third-order valence-corrected chi connectivity index (χ3v) is 4.60. The van der Waals surface area contributed by atoms with Crippen molar-refractivity contribution in [1.82, 2.24) is 10.6 Å². The number of aliphatic imine (C=N–C) groups is 1. The Hall–Kier alpha value is -1.02. The average Bonchev–Trinajstić information content (AvgIpc) is 3.27. The molecule has 1 unspecified atom stereocenters. The van der Waals surface area contributed by atoms with Gasteiger partial charge in [-0.15, -0.1) is 24.0 Å². The Labute approximate surface area is 168 Å². The zero-order valence-electron chi connectivity index (χ0n) is 15.2. The molecule has 0 spiro atoms. The molecule has 25 heavy (non-hydrogen) atoms. The molecule has 0 amide bonds. The van der Waals surface area contributed by atoms with E-state index in [1.54, 1.807) is 0 Å². The van der Waals surface area contributed by atoms with Crippen LogP contribution in [-0.4, -0.2) is 38.9 Å². The first kappa shape index (κ1) is 20.3.